The lowest BCUT2D eigenvalue weighted by molar-refractivity contribution is -0.117. The minimum Gasteiger partial charge on any atom is -0.313 e. The molecule has 2 aliphatic rings. The van der Waals surface area contributed by atoms with Gasteiger partial charge in [0.25, 0.3) is 5.91 Å². The fourth-order valence-corrected chi connectivity index (χ4v) is 7.83. The van der Waals surface area contributed by atoms with Crippen molar-refractivity contribution in [2.75, 3.05) is 16.4 Å². The molecule has 0 N–H and O–H groups in total. The number of anilines is 1. The van der Waals surface area contributed by atoms with Gasteiger partial charge in [0.2, 0.25) is 0 Å². The summed E-state index contributed by atoms with van der Waals surface area (Å²) >= 11 is 10.3. The average Bonchev–Trinajstić information content (AvgIpc) is 3.08. The predicted molar refractivity (Wildman–Crippen MR) is 118 cm³/mol. The van der Waals surface area contributed by atoms with Gasteiger partial charge in [0.15, 0.2) is 15.0 Å². The Kier molecular flexibility index (Phi) is 5.76. The topological polar surface area (TPSA) is 66.8 Å². The van der Waals surface area contributed by atoms with Crippen molar-refractivity contribution in [2.45, 2.75) is 17.7 Å². The number of rotatable bonds is 3. The third-order valence-corrected chi connectivity index (χ3v) is 8.68. The van der Waals surface area contributed by atoms with E-state index in [2.05, 4.69) is 20.9 Å². The third kappa shape index (κ3) is 4.52. The molecule has 2 fully saturated rings. The minimum atomic E-state index is -3.22. The SMILES string of the molecule is O=C(Cc1ccc(Cl)cc1)N=C1S[C@H]2CS(=O)(=O)C[C@@H]2N1c1ccc(Br)cc1F. The first-order valence-electron chi connectivity index (χ1n) is 8.69. The van der Waals surface area contributed by atoms with Gasteiger partial charge in [0.1, 0.15) is 5.82 Å². The first-order chi connectivity index (χ1) is 13.7. The van der Waals surface area contributed by atoms with E-state index < -0.39 is 21.7 Å². The van der Waals surface area contributed by atoms with Crippen LogP contribution in [0.25, 0.3) is 0 Å². The highest BCUT2D eigenvalue weighted by Gasteiger charge is 2.50. The highest BCUT2D eigenvalue weighted by Crippen LogP contribution is 2.42. The maximum absolute atomic E-state index is 14.7. The smallest absolute Gasteiger partial charge is 0.252 e. The largest absolute Gasteiger partial charge is 0.313 e. The lowest BCUT2D eigenvalue weighted by atomic mass is 10.1. The summed E-state index contributed by atoms with van der Waals surface area (Å²) in [5.41, 5.74) is 0.972. The molecule has 0 unspecified atom stereocenters. The Morgan fingerprint density at radius 3 is 2.66 bits per heavy atom. The second kappa shape index (κ2) is 8.02. The second-order valence-corrected chi connectivity index (χ2v) is 11.6. The van der Waals surface area contributed by atoms with Gasteiger partial charge in [-0.1, -0.05) is 51.4 Å². The molecule has 2 aliphatic heterocycles. The van der Waals surface area contributed by atoms with E-state index in [0.29, 0.717) is 14.7 Å². The van der Waals surface area contributed by atoms with Gasteiger partial charge in [0, 0.05) is 14.7 Å². The molecule has 0 aromatic heterocycles. The molecule has 2 aromatic rings. The molecule has 2 heterocycles. The molecule has 5 nitrogen and oxygen atoms in total. The average molecular weight is 518 g/mol. The van der Waals surface area contributed by atoms with E-state index in [1.165, 1.54) is 17.8 Å². The summed E-state index contributed by atoms with van der Waals surface area (Å²) in [4.78, 5) is 18.3. The number of nitrogens with zero attached hydrogens (tertiary/aromatic N) is 2. The quantitative estimate of drug-likeness (QED) is 0.614. The van der Waals surface area contributed by atoms with Gasteiger partial charge in [-0.15, -0.1) is 0 Å². The lowest BCUT2D eigenvalue weighted by Gasteiger charge is -2.25. The zero-order valence-corrected chi connectivity index (χ0v) is 18.9. The molecule has 29 heavy (non-hydrogen) atoms. The Labute approximate surface area is 185 Å². The number of halogens is 3. The fraction of sp³-hybridized carbons (Fsp3) is 0.263. The van der Waals surface area contributed by atoms with Crippen molar-refractivity contribution in [1.82, 2.24) is 0 Å². The Morgan fingerprint density at radius 2 is 1.97 bits per heavy atom. The normalized spacial score (nSPS) is 24.1. The van der Waals surface area contributed by atoms with Crippen LogP contribution in [0.3, 0.4) is 0 Å². The number of benzene rings is 2. The van der Waals surface area contributed by atoms with Gasteiger partial charge in [-0.25, -0.2) is 12.8 Å². The molecule has 10 heteroatoms. The molecule has 0 radical (unpaired) electrons. The molecule has 4 rings (SSSR count). The first-order valence-corrected chi connectivity index (χ1v) is 12.6. The Bertz CT molecular complexity index is 1110. The summed E-state index contributed by atoms with van der Waals surface area (Å²) in [6.45, 7) is 0. The number of thioether (sulfide) groups is 1. The van der Waals surface area contributed by atoms with Gasteiger partial charge >= 0.3 is 0 Å². The van der Waals surface area contributed by atoms with E-state index in [-0.39, 0.29) is 34.8 Å². The van der Waals surface area contributed by atoms with Gasteiger partial charge in [-0.3, -0.25) is 4.79 Å². The predicted octanol–water partition coefficient (Wildman–Crippen LogP) is 4.09. The number of hydrogen-bond donors (Lipinski definition) is 0. The zero-order valence-electron chi connectivity index (χ0n) is 14.9. The molecule has 2 saturated heterocycles. The van der Waals surface area contributed by atoms with E-state index >= 15 is 0 Å². The zero-order chi connectivity index (χ0) is 20.8. The van der Waals surface area contributed by atoms with E-state index in [9.17, 15) is 17.6 Å². The van der Waals surface area contributed by atoms with Crippen LogP contribution in [0.2, 0.25) is 5.02 Å². The van der Waals surface area contributed by atoms with Crippen molar-refractivity contribution >= 4 is 65.9 Å². The van der Waals surface area contributed by atoms with Crippen LogP contribution in [0, 0.1) is 5.82 Å². The minimum absolute atomic E-state index is 0.0125. The van der Waals surface area contributed by atoms with Crippen molar-refractivity contribution in [3.05, 3.63) is 63.3 Å². The number of hydrogen-bond acceptors (Lipinski definition) is 4. The number of amidine groups is 1. The number of sulfone groups is 1. The number of carbonyl (C=O) groups is 1. The maximum atomic E-state index is 14.7. The van der Waals surface area contributed by atoms with Gasteiger partial charge in [-0.2, -0.15) is 4.99 Å². The Balaban J connectivity index is 1.66. The molecular weight excluding hydrogens is 503 g/mol. The van der Waals surface area contributed by atoms with E-state index in [0.717, 1.165) is 5.56 Å². The summed E-state index contributed by atoms with van der Waals surface area (Å²) in [5, 5.41) is 0.616. The van der Waals surface area contributed by atoms with Crippen molar-refractivity contribution in [3.63, 3.8) is 0 Å². The molecule has 0 saturated carbocycles. The van der Waals surface area contributed by atoms with Gasteiger partial charge in [0.05, 0.1) is 29.7 Å². The summed E-state index contributed by atoms with van der Waals surface area (Å²) in [6, 6.07) is 11.0. The summed E-state index contributed by atoms with van der Waals surface area (Å²) in [7, 11) is -3.22. The van der Waals surface area contributed by atoms with Crippen LogP contribution in [0.4, 0.5) is 10.1 Å². The van der Waals surface area contributed by atoms with E-state index in [4.69, 9.17) is 11.6 Å². The molecule has 0 aliphatic carbocycles. The highest BCUT2D eigenvalue weighted by atomic mass is 79.9. The number of fused-ring (bicyclic) bond motifs is 1. The van der Waals surface area contributed by atoms with Crippen molar-refractivity contribution < 1.29 is 17.6 Å². The van der Waals surface area contributed by atoms with Crippen LogP contribution in [0.15, 0.2) is 51.9 Å². The summed E-state index contributed by atoms with van der Waals surface area (Å²) in [5.74, 6) is -1.01. The number of amides is 1. The van der Waals surface area contributed by atoms with Crippen molar-refractivity contribution in [2.24, 2.45) is 4.99 Å². The Morgan fingerprint density at radius 1 is 1.24 bits per heavy atom. The van der Waals surface area contributed by atoms with Crippen LogP contribution >= 0.6 is 39.3 Å². The third-order valence-electron chi connectivity index (χ3n) is 4.72. The van der Waals surface area contributed by atoms with E-state index in [1.54, 1.807) is 41.3 Å². The lowest BCUT2D eigenvalue weighted by Crippen LogP contribution is -2.38. The van der Waals surface area contributed by atoms with Crippen LogP contribution in [0.5, 0.6) is 0 Å². The van der Waals surface area contributed by atoms with Crippen molar-refractivity contribution in [3.8, 4) is 0 Å². The van der Waals surface area contributed by atoms with Gasteiger partial charge < -0.3 is 4.90 Å². The molecule has 0 bridgehead atoms. The molecule has 2 atom stereocenters. The number of carbonyl (C=O) groups excluding carboxylic acids is 1. The summed E-state index contributed by atoms with van der Waals surface area (Å²) < 4.78 is 39.4. The van der Waals surface area contributed by atoms with Crippen LogP contribution in [-0.2, 0) is 21.1 Å². The standard InChI is InChI=1S/C19H15BrClFN2O3S2/c20-12-3-6-15(14(22)8-12)24-16-9-29(26,27)10-17(16)28-19(24)23-18(25)7-11-1-4-13(21)5-2-11/h1-6,8,16-17H,7,9-10H2/t16-,17-/m0/s1. The summed E-state index contributed by atoms with van der Waals surface area (Å²) in [6.07, 6.45) is 0.0749. The molecular formula is C19H15BrClFN2O3S2. The second-order valence-electron chi connectivity index (χ2n) is 6.86. The molecule has 2 aromatic carbocycles. The molecule has 0 spiro atoms. The van der Waals surface area contributed by atoms with E-state index in [1.807, 2.05) is 0 Å². The van der Waals surface area contributed by atoms with Crippen LogP contribution < -0.4 is 4.90 Å². The molecule has 1 amide bonds. The Hall–Kier alpha value is -1.42. The number of aliphatic imine (C=N–C) groups is 1. The fourth-order valence-electron chi connectivity index (χ4n) is 3.45. The maximum Gasteiger partial charge on any atom is 0.252 e. The highest BCUT2D eigenvalue weighted by molar-refractivity contribution is 9.10. The van der Waals surface area contributed by atoms with Gasteiger partial charge in [-0.05, 0) is 35.9 Å². The monoisotopic (exact) mass is 516 g/mol. The molecule has 152 valence electrons. The van der Waals surface area contributed by atoms with Crippen LogP contribution in [-0.4, -0.2) is 42.3 Å². The van der Waals surface area contributed by atoms with Crippen LogP contribution in [0.1, 0.15) is 5.56 Å². The van der Waals surface area contributed by atoms with Crippen molar-refractivity contribution in [1.29, 1.82) is 0 Å². The first kappa shape index (κ1) is 20.8.